The Bertz CT molecular complexity index is 1090. The molecular weight excluding hydrogens is 268 g/mol. The lowest BCUT2D eigenvalue weighted by atomic mass is 10.2. The van der Waals surface area contributed by atoms with E-state index in [1.54, 1.807) is 18.5 Å². The topological polar surface area (TPSA) is 34.6 Å². The first kappa shape index (κ1) is 8.11. The lowest BCUT2D eigenvalue weighted by Crippen LogP contribution is -2.30. The van der Waals surface area contributed by atoms with Gasteiger partial charge in [0.15, 0.2) is 16.9 Å². The van der Waals surface area contributed by atoms with Gasteiger partial charge < -0.3 is 4.57 Å². The van der Waals surface area contributed by atoms with Crippen molar-refractivity contribution < 1.29 is 8.68 Å². The third kappa shape index (κ3) is 1.10. The molecule has 4 aromatic rings. The van der Waals surface area contributed by atoms with Crippen molar-refractivity contribution in [2.24, 2.45) is 6.98 Å². The van der Waals surface area contributed by atoms with Crippen LogP contribution in [0.15, 0.2) is 36.8 Å². The fourth-order valence-corrected chi connectivity index (χ4v) is 4.20. The largest absolute Gasteiger partial charge is 0.329 e. The van der Waals surface area contributed by atoms with Crippen LogP contribution in [-0.4, -0.2) is 14.5 Å². The molecule has 0 saturated carbocycles. The molecule has 4 aromatic heterocycles. The summed E-state index contributed by atoms with van der Waals surface area (Å²) in [6, 6.07) is 5.58. The molecular formula is C15H11N4S+. The molecule has 1 aliphatic heterocycles. The van der Waals surface area contributed by atoms with Gasteiger partial charge in [0.05, 0.1) is 11.1 Å². The van der Waals surface area contributed by atoms with E-state index in [4.69, 9.17) is 4.11 Å². The molecule has 20 heavy (non-hydrogen) atoms. The minimum atomic E-state index is -2.23. The summed E-state index contributed by atoms with van der Waals surface area (Å²) in [4.78, 5) is 9.39. The average molecular weight is 282 g/mol. The minimum Gasteiger partial charge on any atom is -0.329 e. The highest BCUT2D eigenvalue weighted by Crippen LogP contribution is 2.38. The summed E-state index contributed by atoms with van der Waals surface area (Å²) in [7, 11) is 0. The Morgan fingerprint density at radius 2 is 2.40 bits per heavy atom. The third-order valence-corrected chi connectivity index (χ3v) is 5.03. The van der Waals surface area contributed by atoms with E-state index >= 15 is 0 Å². The molecule has 1 aliphatic rings. The van der Waals surface area contributed by atoms with E-state index in [1.807, 2.05) is 18.3 Å². The Kier molecular flexibility index (Phi) is 1.39. The van der Waals surface area contributed by atoms with Crippen molar-refractivity contribution in [1.29, 1.82) is 0 Å². The van der Waals surface area contributed by atoms with Crippen molar-refractivity contribution in [1.82, 2.24) is 14.5 Å². The summed E-state index contributed by atoms with van der Waals surface area (Å²) in [5, 5.41) is 1.07. The zero-order valence-electron chi connectivity index (χ0n) is 13.4. The number of aryl methyl sites for hydroxylation is 1. The summed E-state index contributed by atoms with van der Waals surface area (Å²) in [5.41, 5.74) is 4.57. The van der Waals surface area contributed by atoms with Crippen LogP contribution in [0.25, 0.3) is 32.0 Å². The lowest BCUT2D eigenvalue weighted by molar-refractivity contribution is -0.641. The van der Waals surface area contributed by atoms with Crippen LogP contribution in [0.5, 0.6) is 0 Å². The van der Waals surface area contributed by atoms with Gasteiger partial charge in [0, 0.05) is 35.2 Å². The maximum Gasteiger partial charge on any atom is 0.272 e. The summed E-state index contributed by atoms with van der Waals surface area (Å²) >= 11 is 1.51. The van der Waals surface area contributed by atoms with E-state index in [0.717, 1.165) is 32.0 Å². The number of hydrogen-bond donors (Lipinski definition) is 0. The number of fused-ring (bicyclic) bond motifs is 7. The second-order valence-corrected chi connectivity index (χ2v) is 5.86. The van der Waals surface area contributed by atoms with Crippen LogP contribution >= 0.6 is 11.3 Å². The molecule has 96 valence electrons. The van der Waals surface area contributed by atoms with Gasteiger partial charge in [-0.15, -0.1) is 0 Å². The molecule has 5 rings (SSSR count). The van der Waals surface area contributed by atoms with Gasteiger partial charge in [-0.1, -0.05) is 0 Å². The molecule has 0 amide bonds. The maximum absolute atomic E-state index is 7.91. The van der Waals surface area contributed by atoms with Gasteiger partial charge in [-0.05, 0) is 29.5 Å². The molecule has 0 fully saturated rings. The van der Waals surface area contributed by atoms with Crippen LogP contribution in [0.1, 0.15) is 9.68 Å². The molecule has 0 saturated heterocycles. The van der Waals surface area contributed by atoms with Crippen molar-refractivity contribution in [3.8, 4) is 10.6 Å². The first-order valence-corrected chi connectivity index (χ1v) is 7.13. The Morgan fingerprint density at radius 3 is 3.35 bits per heavy atom. The van der Waals surface area contributed by atoms with E-state index in [2.05, 4.69) is 14.5 Å². The van der Waals surface area contributed by atoms with E-state index in [9.17, 15) is 0 Å². The van der Waals surface area contributed by atoms with Crippen LogP contribution in [0, 0.1) is 0 Å². The smallest absolute Gasteiger partial charge is 0.272 e. The lowest BCUT2D eigenvalue weighted by Gasteiger charge is -1.93. The normalized spacial score (nSPS) is 15.9. The Morgan fingerprint density at radius 1 is 1.40 bits per heavy atom. The van der Waals surface area contributed by atoms with Crippen molar-refractivity contribution >= 4 is 32.7 Å². The van der Waals surface area contributed by atoms with E-state index < -0.39 is 6.98 Å². The predicted octanol–water partition coefficient (Wildman–Crippen LogP) is 2.50. The van der Waals surface area contributed by atoms with Crippen LogP contribution < -0.4 is 4.57 Å². The molecule has 0 spiro atoms. The number of aromatic nitrogens is 4. The number of hydrogen-bond acceptors (Lipinski definition) is 3. The summed E-state index contributed by atoms with van der Waals surface area (Å²) in [6.07, 6.45) is 5.35. The highest BCUT2D eigenvalue weighted by molar-refractivity contribution is 7.21. The quantitative estimate of drug-likeness (QED) is 0.409. The SMILES string of the molecule is [2H]C([2H])([2H])n1c2cccnc2c2c1sc1[n+]2Cc2cnccc2-1. The van der Waals surface area contributed by atoms with Crippen LogP contribution in [-0.2, 0) is 13.5 Å². The molecule has 5 heteroatoms. The zero-order chi connectivity index (χ0) is 15.8. The minimum absolute atomic E-state index is 0.651. The van der Waals surface area contributed by atoms with Crippen molar-refractivity contribution in [3.63, 3.8) is 0 Å². The van der Waals surface area contributed by atoms with E-state index in [1.165, 1.54) is 15.9 Å². The Balaban J connectivity index is 1.96. The van der Waals surface area contributed by atoms with E-state index in [-0.39, 0.29) is 0 Å². The molecule has 0 bridgehead atoms. The molecule has 0 N–H and O–H groups in total. The van der Waals surface area contributed by atoms with Gasteiger partial charge in [-0.2, -0.15) is 4.57 Å². The Labute approximate surface area is 123 Å². The highest BCUT2D eigenvalue weighted by atomic mass is 32.1. The average Bonchev–Trinajstić information content (AvgIpc) is 3.12. The first-order valence-electron chi connectivity index (χ1n) is 7.81. The van der Waals surface area contributed by atoms with Crippen molar-refractivity contribution in [2.45, 2.75) is 6.54 Å². The van der Waals surface area contributed by atoms with Crippen LogP contribution in [0.4, 0.5) is 0 Å². The van der Waals surface area contributed by atoms with Crippen LogP contribution in [0.3, 0.4) is 0 Å². The second-order valence-electron chi connectivity index (χ2n) is 4.89. The second kappa shape index (κ2) is 3.43. The van der Waals surface area contributed by atoms with Gasteiger partial charge >= 0.3 is 0 Å². The van der Waals surface area contributed by atoms with Crippen molar-refractivity contribution in [3.05, 3.63) is 42.4 Å². The number of thiazole rings is 1. The monoisotopic (exact) mass is 282 g/mol. The van der Waals surface area contributed by atoms with Gasteiger partial charge in [-0.3, -0.25) is 4.98 Å². The summed E-state index contributed by atoms with van der Waals surface area (Å²) in [5.74, 6) is 0. The fourth-order valence-electron chi connectivity index (χ4n) is 2.95. The maximum atomic E-state index is 7.91. The molecule has 0 unspecified atom stereocenters. The molecule has 4 nitrogen and oxygen atoms in total. The molecule has 0 radical (unpaired) electrons. The van der Waals surface area contributed by atoms with Gasteiger partial charge in [0.25, 0.3) is 10.5 Å². The first-order chi connectivity index (χ1) is 11.1. The molecule has 0 atom stereocenters. The number of pyridine rings is 2. The highest BCUT2D eigenvalue weighted by Gasteiger charge is 2.35. The van der Waals surface area contributed by atoms with Crippen LogP contribution in [0.2, 0.25) is 0 Å². The fraction of sp³-hybridized carbons (Fsp3) is 0.133. The molecule has 5 heterocycles. The van der Waals surface area contributed by atoms with Crippen molar-refractivity contribution in [2.75, 3.05) is 0 Å². The zero-order valence-corrected chi connectivity index (χ0v) is 11.2. The molecule has 0 aromatic carbocycles. The number of nitrogens with zero attached hydrogens (tertiary/aromatic N) is 4. The summed E-state index contributed by atoms with van der Waals surface area (Å²) < 4.78 is 27.3. The molecule has 0 aliphatic carbocycles. The van der Waals surface area contributed by atoms with Gasteiger partial charge in [-0.25, -0.2) is 4.98 Å². The number of rotatable bonds is 0. The van der Waals surface area contributed by atoms with E-state index in [0.29, 0.717) is 12.1 Å². The predicted molar refractivity (Wildman–Crippen MR) is 78.6 cm³/mol. The summed E-state index contributed by atoms with van der Waals surface area (Å²) in [6.45, 7) is -1.53. The third-order valence-electron chi connectivity index (χ3n) is 3.83. The standard InChI is InChI=1S/C15H11N4S/c1-18-11-3-2-5-17-12(11)13-15(18)20-14-10-4-6-16-7-9(10)8-19(13)14/h2-7H,8H2,1H3/q+1/i1D3. The Hall–Kier alpha value is -2.27. The van der Waals surface area contributed by atoms with Gasteiger partial charge in [0.1, 0.15) is 0 Å². The van der Waals surface area contributed by atoms with Gasteiger partial charge in [0.2, 0.25) is 0 Å².